The maximum absolute atomic E-state index is 12.5. The molecule has 0 saturated heterocycles. The van der Waals surface area contributed by atoms with E-state index in [1.165, 1.54) is 0 Å². The number of rotatable bonds is 2. The molecule has 2 aliphatic heterocycles. The Hall–Kier alpha value is -2.51. The number of carbonyl (C=O) groups is 1. The summed E-state index contributed by atoms with van der Waals surface area (Å²) in [6.45, 7) is 5.79. The van der Waals surface area contributed by atoms with E-state index < -0.39 is 0 Å². The average Bonchev–Trinajstić information content (AvgIpc) is 3.21. The number of pyridine rings is 2. The summed E-state index contributed by atoms with van der Waals surface area (Å²) in [5, 5.41) is 5.83. The highest BCUT2D eigenvalue weighted by molar-refractivity contribution is 6.01. The Labute approximate surface area is 139 Å². The first-order chi connectivity index (χ1) is 11.6. The first kappa shape index (κ1) is 15.0. The maximum Gasteiger partial charge on any atom is 0.323 e. The van der Waals surface area contributed by atoms with Crippen LogP contribution in [0.25, 0.3) is 0 Å². The third kappa shape index (κ3) is 2.51. The number of carbonyl (C=O) groups excluding carboxylic acids is 1. The quantitative estimate of drug-likeness (QED) is 0.886. The molecule has 2 N–H and O–H groups in total. The van der Waals surface area contributed by atoms with E-state index in [0.29, 0.717) is 26.4 Å². The Morgan fingerprint density at radius 1 is 0.875 bits per heavy atom. The summed E-state index contributed by atoms with van der Waals surface area (Å²) in [6, 6.07) is -0.314. The standard InChI is InChI=1S/C17H18N4O3/c1-9-15(13-7-23-5-11(13)3-18-9)20-17(22)21-16-10(2)19-4-12-6-24-8-14(12)16/h3-4H,5-8H2,1-2H3,(H2,20,21,22). The van der Waals surface area contributed by atoms with Crippen molar-refractivity contribution in [2.75, 3.05) is 10.6 Å². The molecule has 7 heteroatoms. The highest BCUT2D eigenvalue weighted by Gasteiger charge is 2.22. The average molecular weight is 326 g/mol. The first-order valence-electron chi connectivity index (χ1n) is 7.81. The van der Waals surface area contributed by atoms with Crippen LogP contribution in [0.3, 0.4) is 0 Å². The highest BCUT2D eigenvalue weighted by atomic mass is 16.5. The number of anilines is 2. The van der Waals surface area contributed by atoms with Crippen molar-refractivity contribution in [1.29, 1.82) is 0 Å². The molecule has 0 unspecified atom stereocenters. The van der Waals surface area contributed by atoms with Crippen LogP contribution >= 0.6 is 0 Å². The minimum Gasteiger partial charge on any atom is -0.372 e. The van der Waals surface area contributed by atoms with Gasteiger partial charge in [-0.15, -0.1) is 0 Å². The Morgan fingerprint density at radius 3 is 1.79 bits per heavy atom. The predicted molar refractivity (Wildman–Crippen MR) is 87.6 cm³/mol. The fourth-order valence-electron chi connectivity index (χ4n) is 3.09. The van der Waals surface area contributed by atoms with Crippen LogP contribution in [0.15, 0.2) is 12.4 Å². The molecule has 4 rings (SSSR count). The van der Waals surface area contributed by atoms with Crippen LogP contribution in [-0.2, 0) is 35.9 Å². The van der Waals surface area contributed by atoms with Crippen molar-refractivity contribution in [1.82, 2.24) is 9.97 Å². The number of nitrogens with one attached hydrogen (secondary N) is 2. The lowest BCUT2D eigenvalue weighted by molar-refractivity contribution is 0.134. The summed E-state index contributed by atoms with van der Waals surface area (Å²) in [7, 11) is 0. The van der Waals surface area contributed by atoms with Gasteiger partial charge < -0.3 is 20.1 Å². The van der Waals surface area contributed by atoms with E-state index in [9.17, 15) is 4.79 Å². The van der Waals surface area contributed by atoms with Crippen molar-refractivity contribution in [3.63, 3.8) is 0 Å². The summed E-state index contributed by atoms with van der Waals surface area (Å²) >= 11 is 0. The number of hydrogen-bond donors (Lipinski definition) is 2. The molecule has 0 bridgehead atoms. The van der Waals surface area contributed by atoms with Crippen molar-refractivity contribution in [2.24, 2.45) is 0 Å². The summed E-state index contributed by atoms with van der Waals surface area (Å²) in [5.41, 5.74) is 7.00. The SMILES string of the molecule is Cc1ncc2c(c1NC(=O)Nc1c(C)ncc3c1COC3)COC2. The van der Waals surface area contributed by atoms with Crippen LogP contribution in [-0.4, -0.2) is 16.0 Å². The van der Waals surface area contributed by atoms with Gasteiger partial charge in [-0.1, -0.05) is 0 Å². The Morgan fingerprint density at radius 2 is 1.33 bits per heavy atom. The van der Waals surface area contributed by atoms with Crippen molar-refractivity contribution in [2.45, 2.75) is 40.3 Å². The molecule has 0 radical (unpaired) electrons. The molecule has 24 heavy (non-hydrogen) atoms. The number of nitrogens with zero attached hydrogens (tertiary/aromatic N) is 2. The minimum atomic E-state index is -0.314. The van der Waals surface area contributed by atoms with E-state index in [0.717, 1.165) is 45.0 Å². The predicted octanol–water partition coefficient (Wildman–Crippen LogP) is 2.80. The Bertz CT molecular complexity index is 768. The summed E-state index contributed by atoms with van der Waals surface area (Å²) in [5.74, 6) is 0. The molecule has 0 atom stereocenters. The van der Waals surface area contributed by atoms with Crippen LogP contribution in [0.2, 0.25) is 0 Å². The minimum absolute atomic E-state index is 0.314. The monoisotopic (exact) mass is 326 g/mol. The fraction of sp³-hybridized carbons (Fsp3) is 0.353. The maximum atomic E-state index is 12.5. The number of amides is 2. The molecule has 7 nitrogen and oxygen atoms in total. The first-order valence-corrected chi connectivity index (χ1v) is 7.81. The van der Waals surface area contributed by atoms with Gasteiger partial charge in [0.15, 0.2) is 0 Å². The zero-order valence-electron chi connectivity index (χ0n) is 13.6. The zero-order chi connectivity index (χ0) is 16.7. The van der Waals surface area contributed by atoms with E-state index in [1.807, 2.05) is 13.8 Å². The Kier molecular flexibility index (Phi) is 3.66. The van der Waals surface area contributed by atoms with Gasteiger partial charge in [0, 0.05) is 34.6 Å². The zero-order valence-corrected chi connectivity index (χ0v) is 13.6. The smallest absolute Gasteiger partial charge is 0.323 e. The topological polar surface area (TPSA) is 85.4 Å². The molecule has 2 amide bonds. The third-order valence-corrected chi connectivity index (χ3v) is 4.42. The fourth-order valence-corrected chi connectivity index (χ4v) is 3.09. The summed E-state index contributed by atoms with van der Waals surface area (Å²) in [6.07, 6.45) is 3.60. The van der Waals surface area contributed by atoms with Gasteiger partial charge in [0.2, 0.25) is 0 Å². The molecular formula is C17H18N4O3. The normalized spacial score (nSPS) is 15.1. The van der Waals surface area contributed by atoms with Crippen molar-refractivity contribution in [3.05, 3.63) is 46.0 Å². The number of hydrogen-bond acceptors (Lipinski definition) is 5. The molecular weight excluding hydrogens is 308 g/mol. The van der Waals surface area contributed by atoms with Gasteiger partial charge in [0.1, 0.15) is 0 Å². The Balaban J connectivity index is 1.59. The van der Waals surface area contributed by atoms with Gasteiger partial charge in [0.25, 0.3) is 0 Å². The van der Waals surface area contributed by atoms with Gasteiger partial charge in [-0.25, -0.2) is 4.79 Å². The van der Waals surface area contributed by atoms with E-state index in [2.05, 4.69) is 20.6 Å². The van der Waals surface area contributed by atoms with E-state index in [4.69, 9.17) is 9.47 Å². The van der Waals surface area contributed by atoms with Gasteiger partial charge >= 0.3 is 6.03 Å². The second-order valence-corrected chi connectivity index (χ2v) is 6.01. The van der Waals surface area contributed by atoms with Gasteiger partial charge in [0.05, 0.1) is 49.2 Å². The van der Waals surface area contributed by atoms with Crippen molar-refractivity contribution < 1.29 is 14.3 Å². The lowest BCUT2D eigenvalue weighted by Crippen LogP contribution is -2.23. The largest absolute Gasteiger partial charge is 0.372 e. The molecule has 2 aromatic heterocycles. The molecule has 124 valence electrons. The van der Waals surface area contributed by atoms with Gasteiger partial charge in [-0.3, -0.25) is 9.97 Å². The molecule has 0 spiro atoms. The molecule has 0 aromatic carbocycles. The molecule has 0 aliphatic carbocycles. The van der Waals surface area contributed by atoms with Crippen molar-refractivity contribution in [3.8, 4) is 0 Å². The summed E-state index contributed by atoms with van der Waals surface area (Å²) < 4.78 is 10.9. The second-order valence-electron chi connectivity index (χ2n) is 6.01. The molecule has 0 saturated carbocycles. The molecule has 4 heterocycles. The molecule has 0 fully saturated rings. The number of ether oxygens (including phenoxy) is 2. The van der Waals surface area contributed by atoms with Crippen LogP contribution in [0.5, 0.6) is 0 Å². The van der Waals surface area contributed by atoms with Gasteiger partial charge in [-0.2, -0.15) is 0 Å². The highest BCUT2D eigenvalue weighted by Crippen LogP contribution is 2.31. The second kappa shape index (κ2) is 5.85. The van der Waals surface area contributed by atoms with Crippen LogP contribution in [0, 0.1) is 13.8 Å². The van der Waals surface area contributed by atoms with Crippen LogP contribution < -0.4 is 10.6 Å². The molecule has 2 aliphatic rings. The number of aromatic nitrogens is 2. The lowest BCUT2D eigenvalue weighted by atomic mass is 10.1. The van der Waals surface area contributed by atoms with E-state index in [1.54, 1.807) is 12.4 Å². The third-order valence-electron chi connectivity index (χ3n) is 4.42. The number of aryl methyl sites for hydroxylation is 2. The number of urea groups is 1. The van der Waals surface area contributed by atoms with Crippen LogP contribution in [0.1, 0.15) is 33.6 Å². The number of fused-ring (bicyclic) bond motifs is 2. The molecule has 2 aromatic rings. The van der Waals surface area contributed by atoms with Gasteiger partial charge in [-0.05, 0) is 13.8 Å². The lowest BCUT2D eigenvalue weighted by Gasteiger charge is -2.15. The van der Waals surface area contributed by atoms with Crippen LogP contribution in [0.4, 0.5) is 16.2 Å². The van der Waals surface area contributed by atoms with E-state index >= 15 is 0 Å². The van der Waals surface area contributed by atoms with E-state index in [-0.39, 0.29) is 6.03 Å². The van der Waals surface area contributed by atoms with Crippen molar-refractivity contribution >= 4 is 17.4 Å². The summed E-state index contributed by atoms with van der Waals surface area (Å²) in [4.78, 5) is 21.2.